The second kappa shape index (κ2) is 4.95. The summed E-state index contributed by atoms with van der Waals surface area (Å²) in [5.74, 6) is -2.10. The largest absolute Gasteiger partial charge is 0.506 e. The van der Waals surface area contributed by atoms with Crippen LogP contribution in [0.4, 0.5) is 0 Å². The highest BCUT2D eigenvalue weighted by atomic mass is 32.1. The molecule has 18 heavy (non-hydrogen) atoms. The van der Waals surface area contributed by atoms with Crippen LogP contribution in [0.1, 0.15) is 17.3 Å². The van der Waals surface area contributed by atoms with Crippen molar-refractivity contribution in [1.29, 1.82) is 0 Å². The third-order valence-corrected chi connectivity index (χ3v) is 3.78. The number of fused-ring (bicyclic) bond motifs is 1. The van der Waals surface area contributed by atoms with Gasteiger partial charge in [0.2, 0.25) is 0 Å². The summed E-state index contributed by atoms with van der Waals surface area (Å²) in [7, 11) is 0. The molecule has 2 rings (SSSR count). The van der Waals surface area contributed by atoms with Crippen LogP contribution in [0.15, 0.2) is 18.2 Å². The lowest BCUT2D eigenvalue weighted by Gasteiger charge is -2.05. The molecule has 0 fully saturated rings. The maximum Gasteiger partial charge on any atom is 0.313 e. The summed E-state index contributed by atoms with van der Waals surface area (Å²) in [6.45, 7) is 0. The van der Waals surface area contributed by atoms with Crippen LogP contribution in [0.3, 0.4) is 0 Å². The van der Waals surface area contributed by atoms with E-state index in [1.807, 2.05) is 0 Å². The maximum absolute atomic E-state index is 11.1. The first-order chi connectivity index (χ1) is 8.49. The number of aromatic nitrogens is 1. The van der Waals surface area contributed by atoms with Gasteiger partial charge in [-0.2, -0.15) is 0 Å². The zero-order valence-electron chi connectivity index (χ0n) is 9.03. The number of carbonyl (C=O) groups is 2. The number of hydrogen-bond donors (Lipinski definition) is 3. The summed E-state index contributed by atoms with van der Waals surface area (Å²) < 4.78 is 0.519. The lowest BCUT2D eigenvalue weighted by Crippen LogP contribution is -2.13. The number of rotatable bonds is 4. The van der Waals surface area contributed by atoms with Gasteiger partial charge in [0.15, 0.2) is 5.12 Å². The van der Waals surface area contributed by atoms with E-state index < -0.39 is 17.0 Å². The number of carbonyl (C=O) groups excluding carboxylic acids is 1. The Bertz CT molecular complexity index is 623. The van der Waals surface area contributed by atoms with E-state index in [1.165, 1.54) is 6.07 Å². The molecular weight excluding hydrogens is 274 g/mol. The average molecular weight is 283 g/mol. The molecule has 1 unspecified atom stereocenters. The number of thiazole rings is 1. The maximum atomic E-state index is 11.1. The van der Waals surface area contributed by atoms with Crippen molar-refractivity contribution in [3.8, 4) is 5.75 Å². The Morgan fingerprint density at radius 2 is 2.17 bits per heavy atom. The second-order valence-corrected chi connectivity index (χ2v) is 5.20. The van der Waals surface area contributed by atoms with E-state index in [4.69, 9.17) is 5.11 Å². The van der Waals surface area contributed by atoms with Crippen molar-refractivity contribution < 1.29 is 19.8 Å². The minimum atomic E-state index is -1.13. The minimum Gasteiger partial charge on any atom is -0.506 e. The van der Waals surface area contributed by atoms with Gasteiger partial charge >= 0.3 is 5.97 Å². The molecule has 94 valence electrons. The van der Waals surface area contributed by atoms with Gasteiger partial charge in [0, 0.05) is 6.42 Å². The fourth-order valence-corrected chi connectivity index (χ4v) is 2.81. The van der Waals surface area contributed by atoms with Crippen molar-refractivity contribution in [2.75, 3.05) is 0 Å². The van der Waals surface area contributed by atoms with Gasteiger partial charge in [0.1, 0.15) is 16.7 Å². The molecule has 1 aromatic heterocycles. The normalized spacial score (nSPS) is 12.5. The molecule has 0 radical (unpaired) electrons. The van der Waals surface area contributed by atoms with Gasteiger partial charge in [0.25, 0.3) is 0 Å². The van der Waals surface area contributed by atoms with E-state index in [0.717, 1.165) is 11.3 Å². The zero-order chi connectivity index (χ0) is 13.3. The third-order valence-electron chi connectivity index (χ3n) is 2.39. The van der Waals surface area contributed by atoms with Crippen LogP contribution < -0.4 is 0 Å². The van der Waals surface area contributed by atoms with Crippen LogP contribution in [-0.4, -0.2) is 26.3 Å². The van der Waals surface area contributed by atoms with Crippen LogP contribution in [-0.2, 0) is 9.59 Å². The Hall–Kier alpha value is -1.60. The van der Waals surface area contributed by atoms with Crippen molar-refractivity contribution >= 4 is 45.3 Å². The first kappa shape index (κ1) is 12.8. The van der Waals surface area contributed by atoms with Gasteiger partial charge in [-0.3, -0.25) is 9.59 Å². The predicted octanol–water partition coefficient (Wildman–Crippen LogP) is 2.02. The molecule has 0 saturated carbocycles. The molecule has 0 spiro atoms. The fourth-order valence-electron chi connectivity index (χ4n) is 1.56. The second-order valence-electron chi connectivity index (χ2n) is 3.67. The molecule has 0 aliphatic rings. The van der Waals surface area contributed by atoms with E-state index in [0.29, 0.717) is 15.2 Å². The molecule has 5 nitrogen and oxygen atoms in total. The average Bonchev–Trinajstić information content (AvgIpc) is 2.70. The van der Waals surface area contributed by atoms with Crippen LogP contribution >= 0.6 is 24.0 Å². The van der Waals surface area contributed by atoms with Gasteiger partial charge in [-0.1, -0.05) is 6.07 Å². The Balaban J connectivity index is 2.48. The van der Waals surface area contributed by atoms with E-state index in [2.05, 4.69) is 17.6 Å². The summed E-state index contributed by atoms with van der Waals surface area (Å²) in [5, 5.41) is 18.5. The van der Waals surface area contributed by atoms with Crippen LogP contribution in [0, 0.1) is 0 Å². The van der Waals surface area contributed by atoms with Crippen LogP contribution in [0.25, 0.3) is 10.2 Å². The van der Waals surface area contributed by atoms with Crippen molar-refractivity contribution in [1.82, 2.24) is 4.98 Å². The minimum absolute atomic E-state index is 0.0533. The highest BCUT2D eigenvalue weighted by molar-refractivity contribution is 7.96. The number of phenols is 1. The number of carboxylic acids is 1. The first-order valence-corrected chi connectivity index (χ1v) is 6.28. The summed E-state index contributed by atoms with van der Waals surface area (Å²) in [6, 6.07) is 4.81. The topological polar surface area (TPSA) is 87.5 Å². The van der Waals surface area contributed by atoms with Gasteiger partial charge < -0.3 is 10.2 Å². The molecule has 1 aromatic carbocycles. The Morgan fingerprint density at radius 3 is 2.72 bits per heavy atom. The predicted molar refractivity (Wildman–Crippen MR) is 70.3 cm³/mol. The fraction of sp³-hybridized carbons (Fsp3) is 0.182. The molecule has 0 aliphatic carbocycles. The molecule has 7 heteroatoms. The molecule has 0 bridgehead atoms. The number of benzene rings is 1. The summed E-state index contributed by atoms with van der Waals surface area (Å²) in [5.41, 5.74) is 0.521. The molecule has 1 heterocycles. The Kier molecular flexibility index (Phi) is 3.53. The quantitative estimate of drug-likeness (QED) is 0.747. The standard InChI is InChI=1S/C11H9NO4S2/c13-7-3-1-2-6-9(7)18-10(12-6)5(11(15)16)4-8(14)17/h1-3,5,13H,4H2,(H,14,17)(H,15,16). The molecule has 2 aromatic rings. The lowest BCUT2D eigenvalue weighted by atomic mass is 10.1. The lowest BCUT2D eigenvalue weighted by molar-refractivity contribution is -0.139. The van der Waals surface area contributed by atoms with Crippen LogP contribution in [0.5, 0.6) is 5.75 Å². The highest BCUT2D eigenvalue weighted by Gasteiger charge is 2.26. The summed E-state index contributed by atoms with van der Waals surface area (Å²) in [6.07, 6.45) is -0.223. The number of aliphatic carboxylic acids is 1. The monoisotopic (exact) mass is 283 g/mol. The molecule has 2 N–H and O–H groups in total. The zero-order valence-corrected chi connectivity index (χ0v) is 10.7. The molecular formula is C11H9NO4S2. The summed E-state index contributed by atoms with van der Waals surface area (Å²) >= 11 is 4.66. The number of carboxylic acid groups (broad SMARTS) is 1. The Labute approximate surface area is 111 Å². The first-order valence-electron chi connectivity index (χ1n) is 5.02. The van der Waals surface area contributed by atoms with Crippen molar-refractivity contribution in [2.45, 2.75) is 12.3 Å². The summed E-state index contributed by atoms with van der Waals surface area (Å²) in [4.78, 5) is 26.2. The molecule has 0 saturated heterocycles. The van der Waals surface area contributed by atoms with Gasteiger partial charge in [-0.05, 0) is 12.1 Å². The van der Waals surface area contributed by atoms with E-state index in [9.17, 15) is 14.7 Å². The smallest absolute Gasteiger partial charge is 0.313 e. The highest BCUT2D eigenvalue weighted by Crippen LogP contribution is 2.34. The number of nitrogens with zero attached hydrogens (tertiary/aromatic N) is 1. The molecule has 0 aliphatic heterocycles. The van der Waals surface area contributed by atoms with Gasteiger partial charge in [-0.25, -0.2) is 4.98 Å². The van der Waals surface area contributed by atoms with Crippen molar-refractivity contribution in [3.63, 3.8) is 0 Å². The van der Waals surface area contributed by atoms with Crippen molar-refractivity contribution in [2.24, 2.45) is 0 Å². The number of thiol groups is 1. The van der Waals surface area contributed by atoms with Crippen molar-refractivity contribution in [3.05, 3.63) is 23.2 Å². The van der Waals surface area contributed by atoms with E-state index in [1.54, 1.807) is 12.1 Å². The molecule has 0 amide bonds. The van der Waals surface area contributed by atoms with E-state index >= 15 is 0 Å². The SMILES string of the molecule is O=C(S)CC(C(=O)O)c1nc2cccc(O)c2s1. The van der Waals surface area contributed by atoms with Gasteiger partial charge in [-0.15, -0.1) is 24.0 Å². The van der Waals surface area contributed by atoms with Gasteiger partial charge in [0.05, 0.1) is 10.2 Å². The Morgan fingerprint density at radius 1 is 1.44 bits per heavy atom. The molecule has 1 atom stereocenters. The number of hydrogen-bond acceptors (Lipinski definition) is 5. The third kappa shape index (κ3) is 2.46. The number of phenolic OH excluding ortho intramolecular Hbond substituents is 1. The number of aromatic hydroxyl groups is 1. The van der Waals surface area contributed by atoms with E-state index in [-0.39, 0.29) is 12.2 Å². The van der Waals surface area contributed by atoms with Crippen LogP contribution in [0.2, 0.25) is 0 Å².